The van der Waals surface area contributed by atoms with Crippen LogP contribution in [0.2, 0.25) is 0 Å². The molecule has 124 valence electrons. The Morgan fingerprint density at radius 1 is 1.30 bits per heavy atom. The number of hydrogen-bond donors (Lipinski definition) is 1. The molecule has 0 aliphatic rings. The van der Waals surface area contributed by atoms with E-state index in [1.807, 2.05) is 36.8 Å². The van der Waals surface area contributed by atoms with Crippen molar-refractivity contribution < 1.29 is 0 Å². The Balaban J connectivity index is 2.12. The molecule has 0 aromatic carbocycles. The standard InChI is InChI=1S/C18H27N5/c1-3-12-22-14-11-21-18(22)15-23(13-7-5-9-19)16(2)17-8-4-6-10-20-17/h3-4,6,8,10-11,14,16H,1,5,7,9,12-13,15,19H2,2H3. The van der Waals surface area contributed by atoms with E-state index in [4.69, 9.17) is 5.73 Å². The summed E-state index contributed by atoms with van der Waals surface area (Å²) in [6, 6.07) is 6.31. The van der Waals surface area contributed by atoms with Crippen molar-refractivity contribution in [1.29, 1.82) is 0 Å². The number of rotatable bonds is 10. The van der Waals surface area contributed by atoms with Crippen molar-refractivity contribution in [3.63, 3.8) is 0 Å². The quantitative estimate of drug-likeness (QED) is 0.541. The van der Waals surface area contributed by atoms with Crippen LogP contribution in [-0.4, -0.2) is 32.5 Å². The van der Waals surface area contributed by atoms with Gasteiger partial charge in [-0.15, -0.1) is 6.58 Å². The van der Waals surface area contributed by atoms with Crippen molar-refractivity contribution in [3.8, 4) is 0 Å². The molecule has 0 bridgehead atoms. The summed E-state index contributed by atoms with van der Waals surface area (Å²) in [5.41, 5.74) is 6.73. The first-order valence-electron chi connectivity index (χ1n) is 8.22. The third kappa shape index (κ3) is 5.01. The van der Waals surface area contributed by atoms with Gasteiger partial charge >= 0.3 is 0 Å². The third-order valence-corrected chi connectivity index (χ3v) is 4.03. The van der Waals surface area contributed by atoms with E-state index < -0.39 is 0 Å². The fourth-order valence-corrected chi connectivity index (χ4v) is 2.66. The van der Waals surface area contributed by atoms with Crippen molar-refractivity contribution in [2.24, 2.45) is 5.73 Å². The van der Waals surface area contributed by atoms with Gasteiger partial charge < -0.3 is 10.3 Å². The molecule has 1 atom stereocenters. The number of imidazole rings is 1. The Hall–Kier alpha value is -1.98. The molecule has 2 N–H and O–H groups in total. The summed E-state index contributed by atoms with van der Waals surface area (Å²) in [7, 11) is 0. The predicted molar refractivity (Wildman–Crippen MR) is 93.8 cm³/mol. The van der Waals surface area contributed by atoms with Crippen LogP contribution < -0.4 is 5.73 Å². The monoisotopic (exact) mass is 313 g/mol. The maximum Gasteiger partial charge on any atom is 0.123 e. The molecule has 0 aliphatic carbocycles. The normalized spacial score (nSPS) is 12.5. The molecule has 0 saturated heterocycles. The lowest BCUT2D eigenvalue weighted by Gasteiger charge is -2.28. The number of nitrogens with two attached hydrogens (primary N) is 1. The molecule has 5 heteroatoms. The molecule has 0 spiro atoms. The second kappa shape index (κ2) is 9.22. The molecule has 5 nitrogen and oxygen atoms in total. The second-order valence-corrected chi connectivity index (χ2v) is 5.68. The number of nitrogens with zero attached hydrogens (tertiary/aromatic N) is 4. The lowest BCUT2D eigenvalue weighted by molar-refractivity contribution is 0.187. The minimum absolute atomic E-state index is 0.239. The Morgan fingerprint density at radius 3 is 2.87 bits per heavy atom. The van der Waals surface area contributed by atoms with Gasteiger partial charge in [0.25, 0.3) is 0 Å². The zero-order chi connectivity index (χ0) is 16.5. The van der Waals surface area contributed by atoms with Gasteiger partial charge in [0, 0.05) is 31.2 Å². The van der Waals surface area contributed by atoms with Gasteiger partial charge in [-0.3, -0.25) is 9.88 Å². The summed E-state index contributed by atoms with van der Waals surface area (Å²) in [6.45, 7) is 9.30. The van der Waals surface area contributed by atoms with E-state index in [-0.39, 0.29) is 6.04 Å². The molecular formula is C18H27N5. The Bertz CT molecular complexity index is 578. The molecule has 0 saturated carbocycles. The number of hydrogen-bond acceptors (Lipinski definition) is 4. The van der Waals surface area contributed by atoms with Crippen LogP contribution in [0.25, 0.3) is 0 Å². The average molecular weight is 313 g/mol. The summed E-state index contributed by atoms with van der Waals surface area (Å²) in [4.78, 5) is 11.4. The van der Waals surface area contributed by atoms with E-state index in [1.165, 1.54) is 0 Å². The zero-order valence-electron chi connectivity index (χ0n) is 13.9. The maximum absolute atomic E-state index is 5.64. The zero-order valence-corrected chi connectivity index (χ0v) is 13.9. The van der Waals surface area contributed by atoms with Gasteiger partial charge in [0.2, 0.25) is 0 Å². The highest BCUT2D eigenvalue weighted by atomic mass is 15.2. The van der Waals surface area contributed by atoms with E-state index >= 15 is 0 Å². The largest absolute Gasteiger partial charge is 0.330 e. The molecule has 1 unspecified atom stereocenters. The number of pyridine rings is 1. The van der Waals surface area contributed by atoms with Crippen LogP contribution in [0.4, 0.5) is 0 Å². The van der Waals surface area contributed by atoms with E-state index in [9.17, 15) is 0 Å². The predicted octanol–water partition coefficient (Wildman–Crippen LogP) is 2.77. The van der Waals surface area contributed by atoms with E-state index in [2.05, 4.69) is 39.0 Å². The number of unbranched alkanes of at least 4 members (excludes halogenated alkanes) is 1. The molecule has 2 heterocycles. The molecule has 2 aromatic heterocycles. The number of allylic oxidation sites excluding steroid dienone is 1. The van der Waals surface area contributed by atoms with Crippen molar-refractivity contribution in [1.82, 2.24) is 19.4 Å². The van der Waals surface area contributed by atoms with Gasteiger partial charge in [0.1, 0.15) is 5.82 Å². The van der Waals surface area contributed by atoms with Crippen molar-refractivity contribution in [2.45, 2.75) is 38.9 Å². The van der Waals surface area contributed by atoms with Crippen LogP contribution in [0.1, 0.15) is 37.3 Å². The van der Waals surface area contributed by atoms with Gasteiger partial charge in [-0.25, -0.2) is 4.98 Å². The second-order valence-electron chi connectivity index (χ2n) is 5.68. The van der Waals surface area contributed by atoms with Crippen molar-refractivity contribution in [3.05, 3.63) is 61.0 Å². The average Bonchev–Trinajstić information content (AvgIpc) is 3.02. The molecule has 0 fully saturated rings. The molecule has 0 radical (unpaired) electrons. The molecule has 0 amide bonds. The lowest BCUT2D eigenvalue weighted by atomic mass is 10.1. The fourth-order valence-electron chi connectivity index (χ4n) is 2.66. The molecule has 23 heavy (non-hydrogen) atoms. The Labute approximate surface area is 138 Å². The fraction of sp³-hybridized carbons (Fsp3) is 0.444. The Morgan fingerprint density at radius 2 is 2.17 bits per heavy atom. The maximum atomic E-state index is 5.64. The van der Waals surface area contributed by atoms with Gasteiger partial charge in [0.15, 0.2) is 0 Å². The van der Waals surface area contributed by atoms with E-state index in [0.717, 1.165) is 50.5 Å². The Kier molecular flexibility index (Phi) is 6.97. The minimum atomic E-state index is 0.239. The third-order valence-electron chi connectivity index (χ3n) is 4.03. The first-order chi connectivity index (χ1) is 11.3. The van der Waals surface area contributed by atoms with Gasteiger partial charge in [-0.2, -0.15) is 0 Å². The van der Waals surface area contributed by atoms with Crippen LogP contribution in [0.15, 0.2) is 49.4 Å². The molecule has 0 aliphatic heterocycles. The minimum Gasteiger partial charge on any atom is -0.330 e. The highest BCUT2D eigenvalue weighted by Gasteiger charge is 2.18. The summed E-state index contributed by atoms with van der Waals surface area (Å²) in [6.07, 6.45) is 9.71. The van der Waals surface area contributed by atoms with E-state index in [0.29, 0.717) is 0 Å². The van der Waals surface area contributed by atoms with Crippen molar-refractivity contribution in [2.75, 3.05) is 13.1 Å². The first kappa shape index (κ1) is 17.4. The van der Waals surface area contributed by atoms with E-state index in [1.54, 1.807) is 0 Å². The first-order valence-corrected chi connectivity index (χ1v) is 8.22. The van der Waals surface area contributed by atoms with Crippen LogP contribution in [0.5, 0.6) is 0 Å². The molecular weight excluding hydrogens is 286 g/mol. The van der Waals surface area contributed by atoms with Crippen LogP contribution in [-0.2, 0) is 13.1 Å². The van der Waals surface area contributed by atoms with Crippen LogP contribution in [0, 0.1) is 0 Å². The topological polar surface area (TPSA) is 60.0 Å². The highest BCUT2D eigenvalue weighted by Crippen LogP contribution is 2.20. The molecule has 2 aromatic rings. The molecule has 2 rings (SSSR count). The highest BCUT2D eigenvalue weighted by molar-refractivity contribution is 5.08. The summed E-state index contributed by atoms with van der Waals surface area (Å²) < 4.78 is 2.13. The lowest BCUT2D eigenvalue weighted by Crippen LogP contribution is -2.30. The van der Waals surface area contributed by atoms with Crippen molar-refractivity contribution >= 4 is 0 Å². The summed E-state index contributed by atoms with van der Waals surface area (Å²) in [5, 5.41) is 0. The van der Waals surface area contributed by atoms with Gasteiger partial charge in [-0.1, -0.05) is 12.1 Å². The van der Waals surface area contributed by atoms with Crippen LogP contribution in [0.3, 0.4) is 0 Å². The summed E-state index contributed by atoms with van der Waals surface area (Å²) >= 11 is 0. The van der Waals surface area contributed by atoms with Gasteiger partial charge in [0.05, 0.1) is 12.2 Å². The smallest absolute Gasteiger partial charge is 0.123 e. The SMILES string of the molecule is C=CCn1ccnc1CN(CCCCN)C(C)c1ccccn1. The summed E-state index contributed by atoms with van der Waals surface area (Å²) in [5.74, 6) is 1.06. The van der Waals surface area contributed by atoms with Crippen LogP contribution >= 0.6 is 0 Å². The van der Waals surface area contributed by atoms with Gasteiger partial charge in [-0.05, 0) is 45.0 Å². The number of aromatic nitrogens is 3.